The zero-order chi connectivity index (χ0) is 32.0. The van der Waals surface area contributed by atoms with E-state index >= 15 is 0 Å². The summed E-state index contributed by atoms with van der Waals surface area (Å²) in [5, 5.41) is 3.06. The average Bonchev–Trinajstić information content (AvgIpc) is 3.55. The van der Waals surface area contributed by atoms with Gasteiger partial charge in [-0.05, 0) is 77.4 Å². The molecule has 7 rings (SSSR count). The van der Waals surface area contributed by atoms with Gasteiger partial charge in [0.2, 0.25) is 5.91 Å². The number of nitrogens with one attached hydrogen (secondary N) is 1. The van der Waals surface area contributed by atoms with Gasteiger partial charge >= 0.3 is 5.97 Å². The Hall–Kier alpha value is -5.76. The van der Waals surface area contributed by atoms with E-state index in [1.54, 1.807) is 54.6 Å². The number of Topliss-reactive ketones (excluding diaryl/α,β-unsaturated/α-hetero) is 2. The van der Waals surface area contributed by atoms with Crippen molar-refractivity contribution >= 4 is 35.2 Å². The fourth-order valence-corrected chi connectivity index (χ4v) is 7.24. The number of benzene rings is 4. The maximum atomic E-state index is 15.0. The predicted octanol–water partition coefficient (Wildman–Crippen LogP) is 6.16. The molecule has 4 atom stereocenters. The molecule has 4 aromatic rings. The highest BCUT2D eigenvalue weighted by molar-refractivity contribution is 6.16. The van der Waals surface area contributed by atoms with Crippen molar-refractivity contribution in [3.63, 3.8) is 0 Å². The number of rotatable bonds is 8. The second-order valence-electron chi connectivity index (χ2n) is 11.6. The molecule has 1 N–H and O–H groups in total. The summed E-state index contributed by atoms with van der Waals surface area (Å²) in [7, 11) is 0. The molecule has 228 valence electrons. The van der Waals surface area contributed by atoms with E-state index < -0.39 is 29.4 Å². The number of fused-ring (bicyclic) bond motifs is 6. The summed E-state index contributed by atoms with van der Waals surface area (Å²) in [6.07, 6.45) is 5.38. The van der Waals surface area contributed by atoms with Crippen LogP contribution >= 0.6 is 0 Å². The van der Waals surface area contributed by atoms with Crippen molar-refractivity contribution in [1.82, 2.24) is 4.90 Å². The molecule has 0 aliphatic carbocycles. The summed E-state index contributed by atoms with van der Waals surface area (Å²) < 4.78 is 10.8. The van der Waals surface area contributed by atoms with Gasteiger partial charge in [0.05, 0.1) is 12.0 Å². The third-order valence-electron chi connectivity index (χ3n) is 9.03. The first-order valence-electron chi connectivity index (χ1n) is 15.0. The van der Waals surface area contributed by atoms with Crippen LogP contribution in [0.2, 0.25) is 0 Å². The number of hydrogen-bond acceptors (Lipinski definition) is 7. The summed E-state index contributed by atoms with van der Waals surface area (Å²) >= 11 is 0. The van der Waals surface area contributed by atoms with E-state index in [4.69, 9.17) is 9.47 Å². The van der Waals surface area contributed by atoms with Gasteiger partial charge in [0.1, 0.15) is 29.6 Å². The predicted molar refractivity (Wildman–Crippen MR) is 173 cm³/mol. The van der Waals surface area contributed by atoms with Crippen molar-refractivity contribution in [3.8, 4) is 11.5 Å². The van der Waals surface area contributed by atoms with Crippen LogP contribution < -0.4 is 14.8 Å². The fourth-order valence-electron chi connectivity index (χ4n) is 7.24. The third-order valence-corrected chi connectivity index (χ3v) is 9.03. The Balaban J connectivity index is 1.44. The van der Waals surface area contributed by atoms with Crippen molar-refractivity contribution in [2.45, 2.75) is 24.4 Å². The Kier molecular flexibility index (Phi) is 7.12. The number of carbonyl (C=O) groups excluding carboxylic acids is 4. The number of anilines is 1. The standard InChI is InChI=1S/C38H30N2O6/c1-3-22-45-27-16-12-25(13-17-27)34(42)32-33(35(43)26-14-18-28(19-15-26)46-23(2)41)40-21-20-24-8-4-5-9-29(24)36(40)38(32)30-10-6-7-11-31(30)39-37(38)44/h3-21,32-33,36H,1,22H2,2H3,(H,39,44)/t32-,33+,36+,38-/m0/s1. The van der Waals surface area contributed by atoms with Crippen LogP contribution in [0.4, 0.5) is 5.69 Å². The molecule has 8 heteroatoms. The van der Waals surface area contributed by atoms with E-state index in [0.717, 1.165) is 11.1 Å². The normalized spacial score (nSPS) is 22.0. The quantitative estimate of drug-likeness (QED) is 0.110. The van der Waals surface area contributed by atoms with Crippen molar-refractivity contribution in [3.05, 3.63) is 144 Å². The Bertz CT molecular complexity index is 1930. The Morgan fingerprint density at radius 2 is 1.52 bits per heavy atom. The van der Waals surface area contributed by atoms with Crippen LogP contribution in [0, 0.1) is 5.92 Å². The van der Waals surface area contributed by atoms with E-state index in [9.17, 15) is 19.2 Å². The molecular formula is C38H30N2O6. The van der Waals surface area contributed by atoms with E-state index in [-0.39, 0.29) is 17.5 Å². The van der Waals surface area contributed by atoms with Crippen LogP contribution in [-0.2, 0) is 15.0 Å². The number of amides is 1. The SMILES string of the molecule is C=CCOc1ccc(C(=O)[C@@H]2[C@H](C(=O)c3ccc(OC(C)=O)cc3)N3C=Cc4ccccc4[C@@H]3[C@@]23C(=O)Nc2ccccc23)cc1. The fraction of sp³-hybridized carbons (Fsp3) is 0.158. The van der Waals surface area contributed by atoms with Crippen LogP contribution in [0.3, 0.4) is 0 Å². The van der Waals surface area contributed by atoms with E-state index in [1.165, 1.54) is 6.92 Å². The zero-order valence-corrected chi connectivity index (χ0v) is 25.0. The maximum Gasteiger partial charge on any atom is 0.308 e. The van der Waals surface area contributed by atoms with Gasteiger partial charge in [-0.2, -0.15) is 0 Å². The summed E-state index contributed by atoms with van der Waals surface area (Å²) in [5.41, 5.74) is 2.28. The van der Waals surface area contributed by atoms with Crippen LogP contribution in [0.15, 0.2) is 116 Å². The largest absolute Gasteiger partial charge is 0.490 e. The molecule has 4 aromatic carbocycles. The minimum absolute atomic E-state index is 0.298. The Labute approximate surface area is 265 Å². The maximum absolute atomic E-state index is 15.0. The molecule has 8 nitrogen and oxygen atoms in total. The molecule has 0 saturated carbocycles. The molecule has 0 unspecified atom stereocenters. The van der Waals surface area contributed by atoms with E-state index in [0.29, 0.717) is 40.5 Å². The number of nitrogens with zero attached hydrogens (tertiary/aromatic N) is 1. The topological polar surface area (TPSA) is 102 Å². The first kappa shape index (κ1) is 29.0. The van der Waals surface area contributed by atoms with Gasteiger partial charge in [0.25, 0.3) is 0 Å². The highest BCUT2D eigenvalue weighted by Gasteiger charge is 2.70. The Morgan fingerprint density at radius 3 is 2.24 bits per heavy atom. The molecule has 3 aliphatic rings. The Morgan fingerprint density at radius 1 is 0.870 bits per heavy atom. The summed E-state index contributed by atoms with van der Waals surface area (Å²) in [4.78, 5) is 57.7. The van der Waals surface area contributed by atoms with E-state index in [1.807, 2.05) is 65.7 Å². The lowest BCUT2D eigenvalue weighted by Crippen LogP contribution is -2.49. The molecular weight excluding hydrogens is 580 g/mol. The second-order valence-corrected chi connectivity index (χ2v) is 11.6. The van der Waals surface area contributed by atoms with Crippen molar-refractivity contribution in [2.75, 3.05) is 11.9 Å². The van der Waals surface area contributed by atoms with Crippen LogP contribution in [0.5, 0.6) is 11.5 Å². The number of ether oxygens (including phenoxy) is 2. The lowest BCUT2D eigenvalue weighted by atomic mass is 9.62. The number of esters is 1. The summed E-state index contributed by atoms with van der Waals surface area (Å²) in [5.74, 6) is -1.73. The van der Waals surface area contributed by atoms with Crippen LogP contribution in [0.25, 0.3) is 6.08 Å². The summed E-state index contributed by atoms with van der Waals surface area (Å²) in [6.45, 7) is 5.29. The molecule has 1 fully saturated rings. The van der Waals surface area contributed by atoms with Crippen LogP contribution in [0.1, 0.15) is 50.4 Å². The van der Waals surface area contributed by atoms with Gasteiger partial charge in [0, 0.05) is 29.9 Å². The van der Waals surface area contributed by atoms with Gasteiger partial charge in [-0.15, -0.1) is 0 Å². The highest BCUT2D eigenvalue weighted by Crippen LogP contribution is 2.62. The molecule has 46 heavy (non-hydrogen) atoms. The molecule has 1 amide bonds. The molecule has 0 aromatic heterocycles. The van der Waals surface area contributed by atoms with E-state index in [2.05, 4.69) is 11.9 Å². The molecule has 0 radical (unpaired) electrons. The monoisotopic (exact) mass is 610 g/mol. The highest BCUT2D eigenvalue weighted by atomic mass is 16.5. The van der Waals surface area contributed by atoms with Gasteiger partial charge in [-0.25, -0.2) is 0 Å². The average molecular weight is 611 g/mol. The first-order chi connectivity index (χ1) is 22.3. The zero-order valence-electron chi connectivity index (χ0n) is 25.0. The first-order valence-corrected chi connectivity index (χ1v) is 15.0. The van der Waals surface area contributed by atoms with Gasteiger partial charge in [-0.3, -0.25) is 19.2 Å². The minimum Gasteiger partial charge on any atom is -0.490 e. The second kappa shape index (κ2) is 11.3. The summed E-state index contributed by atoms with van der Waals surface area (Å²) in [6, 6.07) is 26.5. The van der Waals surface area contributed by atoms with Gasteiger partial charge in [0.15, 0.2) is 11.6 Å². The smallest absolute Gasteiger partial charge is 0.308 e. The molecule has 0 bridgehead atoms. The minimum atomic E-state index is -1.44. The van der Waals surface area contributed by atoms with Gasteiger partial charge < -0.3 is 19.7 Å². The van der Waals surface area contributed by atoms with Crippen LogP contribution in [-0.4, -0.2) is 41.0 Å². The van der Waals surface area contributed by atoms with Crippen molar-refractivity contribution < 1.29 is 28.7 Å². The van der Waals surface area contributed by atoms with Crippen molar-refractivity contribution in [2.24, 2.45) is 5.92 Å². The number of hydrogen-bond donors (Lipinski definition) is 1. The van der Waals surface area contributed by atoms with Crippen molar-refractivity contribution in [1.29, 1.82) is 0 Å². The number of ketones is 2. The van der Waals surface area contributed by atoms with Gasteiger partial charge in [-0.1, -0.05) is 55.1 Å². The lowest BCUT2D eigenvalue weighted by molar-refractivity contribution is -0.131. The number of carbonyl (C=O) groups is 4. The molecule has 3 heterocycles. The molecule has 1 spiro atoms. The third kappa shape index (κ3) is 4.44. The lowest BCUT2D eigenvalue weighted by Gasteiger charge is -2.38. The molecule has 1 saturated heterocycles. The number of para-hydroxylation sites is 1. The molecule has 3 aliphatic heterocycles.